The van der Waals surface area contributed by atoms with E-state index in [9.17, 15) is 27.9 Å². The number of ether oxygens (including phenoxy) is 1. The van der Waals surface area contributed by atoms with Crippen molar-refractivity contribution in [1.29, 1.82) is 0 Å². The standard InChI is InChI=1S/C17H18F3NO6/c1-10-5-6-13(27-10)16(24,17(18,19)20)9-14(22)21-12(15(23)25-2)8-11-4-3-7-26-11/h3-7,12,24H,8-9H2,1-2H3,(H,21,22). The molecule has 27 heavy (non-hydrogen) atoms. The molecule has 2 heterocycles. The third-order valence-electron chi connectivity index (χ3n) is 3.84. The lowest BCUT2D eigenvalue weighted by atomic mass is 9.95. The fourth-order valence-corrected chi connectivity index (χ4v) is 2.43. The maximum Gasteiger partial charge on any atom is 0.425 e. The first-order valence-electron chi connectivity index (χ1n) is 7.82. The van der Waals surface area contributed by atoms with E-state index >= 15 is 0 Å². The highest BCUT2D eigenvalue weighted by Crippen LogP contribution is 2.42. The van der Waals surface area contributed by atoms with Crippen molar-refractivity contribution in [2.75, 3.05) is 7.11 Å². The molecular weight excluding hydrogens is 371 g/mol. The lowest BCUT2D eigenvalue weighted by Gasteiger charge is -2.28. The molecule has 0 aliphatic rings. The average molecular weight is 389 g/mol. The number of furan rings is 2. The van der Waals surface area contributed by atoms with Crippen molar-refractivity contribution in [2.24, 2.45) is 0 Å². The second-order valence-corrected chi connectivity index (χ2v) is 5.87. The Balaban J connectivity index is 2.19. The van der Waals surface area contributed by atoms with E-state index < -0.39 is 41.9 Å². The first-order valence-corrected chi connectivity index (χ1v) is 7.82. The molecule has 0 fully saturated rings. The number of alkyl halides is 3. The van der Waals surface area contributed by atoms with Crippen LogP contribution < -0.4 is 5.32 Å². The molecule has 0 bridgehead atoms. The number of carbonyl (C=O) groups is 2. The molecule has 2 rings (SSSR count). The number of amides is 1. The zero-order valence-electron chi connectivity index (χ0n) is 14.5. The Bertz CT molecular complexity index is 783. The lowest BCUT2D eigenvalue weighted by molar-refractivity contribution is -0.273. The van der Waals surface area contributed by atoms with Gasteiger partial charge in [0.25, 0.3) is 0 Å². The Morgan fingerprint density at radius 1 is 1.30 bits per heavy atom. The second-order valence-electron chi connectivity index (χ2n) is 5.87. The number of methoxy groups -OCH3 is 1. The smallest absolute Gasteiger partial charge is 0.425 e. The minimum atomic E-state index is -5.18. The van der Waals surface area contributed by atoms with Crippen LogP contribution in [0.25, 0.3) is 0 Å². The SMILES string of the molecule is COC(=O)C(Cc1ccco1)NC(=O)CC(O)(c1ccc(C)o1)C(F)(F)F. The third-order valence-corrected chi connectivity index (χ3v) is 3.84. The van der Waals surface area contributed by atoms with Crippen molar-refractivity contribution in [3.63, 3.8) is 0 Å². The van der Waals surface area contributed by atoms with Gasteiger partial charge in [-0.05, 0) is 31.2 Å². The van der Waals surface area contributed by atoms with E-state index in [0.29, 0.717) is 5.76 Å². The fourth-order valence-electron chi connectivity index (χ4n) is 2.43. The molecule has 2 aromatic heterocycles. The molecule has 1 amide bonds. The Labute approximate surface area is 152 Å². The van der Waals surface area contributed by atoms with Crippen LogP contribution in [0.5, 0.6) is 0 Å². The third kappa shape index (κ3) is 4.70. The quantitative estimate of drug-likeness (QED) is 0.704. The molecule has 2 aromatic rings. The molecule has 0 aliphatic heterocycles. The van der Waals surface area contributed by atoms with Crippen molar-refractivity contribution in [3.05, 3.63) is 47.8 Å². The summed E-state index contributed by atoms with van der Waals surface area (Å²) in [5.74, 6) is -2.45. The molecule has 0 radical (unpaired) electrons. The maximum absolute atomic E-state index is 13.4. The van der Waals surface area contributed by atoms with Crippen LogP contribution in [0.4, 0.5) is 13.2 Å². The van der Waals surface area contributed by atoms with Gasteiger partial charge in [0.1, 0.15) is 23.3 Å². The van der Waals surface area contributed by atoms with Gasteiger partial charge in [-0.2, -0.15) is 13.2 Å². The van der Waals surface area contributed by atoms with Gasteiger partial charge >= 0.3 is 12.1 Å². The number of aliphatic hydroxyl groups is 1. The van der Waals surface area contributed by atoms with Crippen LogP contribution >= 0.6 is 0 Å². The molecule has 7 nitrogen and oxygen atoms in total. The first kappa shape index (κ1) is 20.6. The summed E-state index contributed by atoms with van der Waals surface area (Å²) >= 11 is 0. The van der Waals surface area contributed by atoms with E-state index in [-0.39, 0.29) is 12.2 Å². The van der Waals surface area contributed by atoms with Crippen LogP contribution in [-0.4, -0.2) is 36.3 Å². The summed E-state index contributed by atoms with van der Waals surface area (Å²) in [7, 11) is 1.07. The van der Waals surface area contributed by atoms with E-state index in [1.807, 2.05) is 0 Å². The van der Waals surface area contributed by atoms with Gasteiger partial charge in [-0.1, -0.05) is 0 Å². The molecule has 0 saturated heterocycles. The summed E-state index contributed by atoms with van der Waals surface area (Å²) in [6, 6.07) is 3.96. The number of aryl methyl sites for hydroxylation is 1. The Morgan fingerprint density at radius 2 is 2.00 bits per heavy atom. The van der Waals surface area contributed by atoms with Crippen LogP contribution in [-0.2, 0) is 26.3 Å². The summed E-state index contributed by atoms with van der Waals surface area (Å²) in [5.41, 5.74) is -3.54. The molecule has 148 valence electrons. The molecule has 2 unspecified atom stereocenters. The van der Waals surface area contributed by atoms with Gasteiger partial charge < -0.3 is 24.0 Å². The first-order chi connectivity index (χ1) is 12.6. The fraction of sp³-hybridized carbons (Fsp3) is 0.412. The van der Waals surface area contributed by atoms with E-state index in [2.05, 4.69) is 10.1 Å². The number of rotatable bonds is 7. The average Bonchev–Trinajstić information content (AvgIpc) is 3.24. The van der Waals surface area contributed by atoms with Gasteiger partial charge in [-0.3, -0.25) is 4.79 Å². The highest BCUT2D eigenvalue weighted by atomic mass is 19.4. The van der Waals surface area contributed by atoms with Crippen LogP contribution in [0.1, 0.15) is 23.7 Å². The minimum Gasteiger partial charge on any atom is -0.469 e. The van der Waals surface area contributed by atoms with E-state index in [4.69, 9.17) is 8.83 Å². The van der Waals surface area contributed by atoms with Gasteiger partial charge in [0.05, 0.1) is 19.8 Å². The molecule has 0 spiro atoms. The summed E-state index contributed by atoms with van der Waals surface area (Å²) in [6.45, 7) is 1.40. The Kier molecular flexibility index (Phi) is 5.99. The van der Waals surface area contributed by atoms with Crippen LogP contribution in [0.2, 0.25) is 0 Å². The predicted octanol–water partition coefficient (Wildman–Crippen LogP) is 2.22. The van der Waals surface area contributed by atoms with Gasteiger partial charge in [-0.25, -0.2) is 4.79 Å². The van der Waals surface area contributed by atoms with Crippen LogP contribution in [0.3, 0.4) is 0 Å². The Hall–Kier alpha value is -2.75. The molecule has 10 heteroatoms. The van der Waals surface area contributed by atoms with Crippen LogP contribution in [0, 0.1) is 6.92 Å². The summed E-state index contributed by atoms with van der Waals surface area (Å²) in [5, 5.41) is 12.3. The minimum absolute atomic E-state index is 0.129. The van der Waals surface area contributed by atoms with Crippen molar-refractivity contribution in [2.45, 2.75) is 37.6 Å². The van der Waals surface area contributed by atoms with E-state index in [1.54, 1.807) is 6.07 Å². The number of hydrogen-bond donors (Lipinski definition) is 2. The van der Waals surface area contributed by atoms with Crippen molar-refractivity contribution >= 4 is 11.9 Å². The summed E-state index contributed by atoms with van der Waals surface area (Å²) in [6.07, 6.45) is -5.37. The van der Waals surface area contributed by atoms with Gasteiger partial charge in [0, 0.05) is 6.42 Å². The number of hydrogen-bond acceptors (Lipinski definition) is 6. The van der Waals surface area contributed by atoms with Crippen molar-refractivity contribution in [3.8, 4) is 0 Å². The Morgan fingerprint density at radius 3 is 2.48 bits per heavy atom. The molecule has 0 aliphatic carbocycles. The number of nitrogens with one attached hydrogen (secondary N) is 1. The van der Waals surface area contributed by atoms with Gasteiger partial charge in [0.2, 0.25) is 11.5 Å². The van der Waals surface area contributed by atoms with Crippen LogP contribution in [0.15, 0.2) is 39.4 Å². The van der Waals surface area contributed by atoms with E-state index in [1.165, 1.54) is 25.3 Å². The number of halogens is 3. The topological polar surface area (TPSA) is 102 Å². The second kappa shape index (κ2) is 7.87. The van der Waals surface area contributed by atoms with E-state index in [0.717, 1.165) is 13.2 Å². The summed E-state index contributed by atoms with van der Waals surface area (Å²) in [4.78, 5) is 24.0. The predicted molar refractivity (Wildman–Crippen MR) is 84.4 cm³/mol. The number of esters is 1. The molecule has 2 N–H and O–H groups in total. The zero-order chi connectivity index (χ0) is 20.2. The highest BCUT2D eigenvalue weighted by Gasteiger charge is 2.58. The van der Waals surface area contributed by atoms with Crippen molar-refractivity contribution < 1.29 is 41.4 Å². The molecular formula is C17H18F3NO6. The molecule has 0 aromatic carbocycles. The van der Waals surface area contributed by atoms with Gasteiger partial charge in [0.15, 0.2) is 0 Å². The zero-order valence-corrected chi connectivity index (χ0v) is 14.5. The number of carbonyl (C=O) groups excluding carboxylic acids is 2. The lowest BCUT2D eigenvalue weighted by Crippen LogP contribution is -2.49. The van der Waals surface area contributed by atoms with Gasteiger partial charge in [-0.15, -0.1) is 0 Å². The summed E-state index contributed by atoms with van der Waals surface area (Å²) < 4.78 is 54.8. The molecule has 0 saturated carbocycles. The van der Waals surface area contributed by atoms with Crippen molar-refractivity contribution in [1.82, 2.24) is 5.32 Å². The highest BCUT2D eigenvalue weighted by molar-refractivity contribution is 5.85. The largest absolute Gasteiger partial charge is 0.469 e. The molecule has 2 atom stereocenters. The normalized spacial score (nSPS) is 15.0. The monoisotopic (exact) mass is 389 g/mol. The maximum atomic E-state index is 13.4.